The Kier molecular flexibility index (Phi) is 11.3. The van der Waals surface area contributed by atoms with Crippen molar-refractivity contribution in [1.82, 2.24) is 13.9 Å². The first-order chi connectivity index (χ1) is 9.50. The summed E-state index contributed by atoms with van der Waals surface area (Å²) in [4.78, 5) is 0. The van der Waals surface area contributed by atoms with E-state index in [4.69, 9.17) is 4.74 Å². The first-order valence-corrected chi connectivity index (χ1v) is 8.90. The summed E-state index contributed by atoms with van der Waals surface area (Å²) in [6, 6.07) is 0. The lowest BCUT2D eigenvalue weighted by molar-refractivity contribution is 0.134. The third-order valence-corrected chi connectivity index (χ3v) is 5.08. The van der Waals surface area contributed by atoms with Gasteiger partial charge in [-0.25, -0.2) is 0 Å². The summed E-state index contributed by atoms with van der Waals surface area (Å²) >= 11 is 0. The maximum absolute atomic E-state index is 12.4. The van der Waals surface area contributed by atoms with Gasteiger partial charge >= 0.3 is 0 Å². The molecule has 122 valence electrons. The standard InChI is InChI=1S/C13H31N3O3S/c1-5-9-14-10-8-11-15(4)20(17,18)16(6-2)12-13-19-7-3/h14H,5-13H2,1-4H3. The third-order valence-electron chi connectivity index (χ3n) is 3.02. The molecule has 0 amide bonds. The summed E-state index contributed by atoms with van der Waals surface area (Å²) in [5, 5.41) is 3.27. The highest BCUT2D eigenvalue weighted by Gasteiger charge is 2.24. The van der Waals surface area contributed by atoms with Crippen LogP contribution in [-0.4, -0.2) is 70.0 Å². The van der Waals surface area contributed by atoms with Crippen molar-refractivity contribution in [1.29, 1.82) is 0 Å². The normalized spacial score (nSPS) is 12.5. The minimum atomic E-state index is -3.37. The molecule has 6 nitrogen and oxygen atoms in total. The summed E-state index contributed by atoms with van der Waals surface area (Å²) in [6.07, 6.45) is 1.91. The number of ether oxygens (including phenoxy) is 1. The molecule has 0 bridgehead atoms. The number of nitrogens with one attached hydrogen (secondary N) is 1. The average Bonchev–Trinajstić information content (AvgIpc) is 2.42. The van der Waals surface area contributed by atoms with Gasteiger partial charge in [0.2, 0.25) is 0 Å². The van der Waals surface area contributed by atoms with Crippen LogP contribution in [0, 0.1) is 0 Å². The summed E-state index contributed by atoms with van der Waals surface area (Å²) in [5.41, 5.74) is 0. The Morgan fingerprint density at radius 1 is 1.10 bits per heavy atom. The second-order valence-corrected chi connectivity index (χ2v) is 6.66. The van der Waals surface area contributed by atoms with Crippen LogP contribution in [0.3, 0.4) is 0 Å². The van der Waals surface area contributed by atoms with Crippen molar-refractivity contribution in [3.8, 4) is 0 Å². The summed E-state index contributed by atoms with van der Waals surface area (Å²) in [5.74, 6) is 0. The van der Waals surface area contributed by atoms with E-state index < -0.39 is 10.2 Å². The minimum absolute atomic E-state index is 0.408. The molecule has 0 aliphatic heterocycles. The van der Waals surface area contributed by atoms with Crippen LogP contribution < -0.4 is 5.32 Å². The summed E-state index contributed by atoms with van der Waals surface area (Å²) in [7, 11) is -1.73. The largest absolute Gasteiger partial charge is 0.380 e. The molecule has 0 unspecified atom stereocenters. The van der Waals surface area contributed by atoms with E-state index in [2.05, 4.69) is 12.2 Å². The molecule has 7 heteroatoms. The quantitative estimate of drug-likeness (QED) is 0.514. The zero-order valence-corrected chi connectivity index (χ0v) is 14.2. The van der Waals surface area contributed by atoms with Crippen LogP contribution in [0.1, 0.15) is 33.6 Å². The van der Waals surface area contributed by atoms with Crippen LogP contribution in [-0.2, 0) is 14.9 Å². The highest BCUT2D eigenvalue weighted by Crippen LogP contribution is 2.06. The van der Waals surface area contributed by atoms with Crippen LogP contribution in [0.4, 0.5) is 0 Å². The van der Waals surface area contributed by atoms with Crippen LogP contribution in [0.25, 0.3) is 0 Å². The molecule has 0 fully saturated rings. The Morgan fingerprint density at radius 2 is 1.80 bits per heavy atom. The smallest absolute Gasteiger partial charge is 0.281 e. The van der Waals surface area contributed by atoms with Crippen molar-refractivity contribution in [2.75, 3.05) is 53.0 Å². The Labute approximate surface area is 124 Å². The molecule has 0 rings (SSSR count). The molecule has 0 aromatic heterocycles. The van der Waals surface area contributed by atoms with Crippen LogP contribution in [0.5, 0.6) is 0 Å². The van der Waals surface area contributed by atoms with E-state index in [1.807, 2.05) is 13.8 Å². The maximum Gasteiger partial charge on any atom is 0.281 e. The van der Waals surface area contributed by atoms with Crippen LogP contribution in [0.2, 0.25) is 0 Å². The maximum atomic E-state index is 12.4. The lowest BCUT2D eigenvalue weighted by atomic mass is 10.4. The molecule has 0 radical (unpaired) electrons. The highest BCUT2D eigenvalue weighted by atomic mass is 32.2. The van der Waals surface area contributed by atoms with Gasteiger partial charge in [0.05, 0.1) is 6.61 Å². The minimum Gasteiger partial charge on any atom is -0.380 e. The second kappa shape index (κ2) is 11.4. The zero-order valence-electron chi connectivity index (χ0n) is 13.4. The molecule has 0 heterocycles. The van der Waals surface area contributed by atoms with E-state index >= 15 is 0 Å². The lowest BCUT2D eigenvalue weighted by Gasteiger charge is -2.26. The number of rotatable bonds is 13. The van der Waals surface area contributed by atoms with E-state index in [1.165, 1.54) is 8.61 Å². The molecule has 0 aromatic rings. The van der Waals surface area contributed by atoms with Gasteiger partial charge in [-0.05, 0) is 32.9 Å². The number of nitrogens with zero attached hydrogens (tertiary/aromatic N) is 2. The van der Waals surface area contributed by atoms with Gasteiger partial charge in [-0.15, -0.1) is 0 Å². The summed E-state index contributed by atoms with van der Waals surface area (Å²) < 4.78 is 32.8. The monoisotopic (exact) mass is 309 g/mol. The van der Waals surface area contributed by atoms with E-state index in [9.17, 15) is 8.42 Å². The van der Waals surface area contributed by atoms with E-state index in [0.29, 0.717) is 32.8 Å². The van der Waals surface area contributed by atoms with Crippen LogP contribution in [0.15, 0.2) is 0 Å². The highest BCUT2D eigenvalue weighted by molar-refractivity contribution is 7.86. The van der Waals surface area contributed by atoms with E-state index in [0.717, 1.165) is 25.9 Å². The predicted molar refractivity (Wildman–Crippen MR) is 83.1 cm³/mol. The SMILES string of the molecule is CCCNCCCN(C)S(=O)(=O)N(CC)CCOCC. The Hall–Kier alpha value is -0.210. The first-order valence-electron chi connectivity index (χ1n) is 7.50. The second-order valence-electron chi connectivity index (χ2n) is 4.62. The number of likely N-dealkylation sites (N-methyl/N-ethyl adjacent to an activating group) is 1. The Morgan fingerprint density at radius 3 is 2.35 bits per heavy atom. The number of hydrogen-bond acceptors (Lipinski definition) is 4. The van der Waals surface area contributed by atoms with Crippen LogP contribution >= 0.6 is 0 Å². The van der Waals surface area contributed by atoms with Crippen molar-refractivity contribution in [3.05, 3.63) is 0 Å². The molecule has 0 aromatic carbocycles. The zero-order chi connectivity index (χ0) is 15.4. The average molecular weight is 309 g/mol. The molecule has 1 N–H and O–H groups in total. The topological polar surface area (TPSA) is 61.9 Å². The van der Waals surface area contributed by atoms with Crippen molar-refractivity contribution >= 4 is 10.2 Å². The van der Waals surface area contributed by atoms with E-state index in [1.54, 1.807) is 7.05 Å². The van der Waals surface area contributed by atoms with Gasteiger partial charge < -0.3 is 10.1 Å². The molecular weight excluding hydrogens is 278 g/mol. The van der Waals surface area contributed by atoms with Crippen molar-refractivity contribution in [2.45, 2.75) is 33.6 Å². The van der Waals surface area contributed by atoms with Gasteiger partial charge in [0, 0.05) is 33.3 Å². The van der Waals surface area contributed by atoms with Crippen molar-refractivity contribution in [3.63, 3.8) is 0 Å². The Balaban J connectivity index is 4.21. The lowest BCUT2D eigenvalue weighted by Crippen LogP contribution is -2.44. The molecule has 0 aliphatic carbocycles. The molecule has 0 atom stereocenters. The van der Waals surface area contributed by atoms with Crippen molar-refractivity contribution in [2.24, 2.45) is 0 Å². The molecule has 0 aliphatic rings. The third kappa shape index (κ3) is 7.54. The van der Waals surface area contributed by atoms with Gasteiger partial charge in [-0.3, -0.25) is 0 Å². The summed E-state index contributed by atoms with van der Waals surface area (Å²) in [6.45, 7) is 10.1. The fraction of sp³-hybridized carbons (Fsp3) is 1.00. The van der Waals surface area contributed by atoms with E-state index in [-0.39, 0.29) is 0 Å². The molecule has 0 saturated carbocycles. The predicted octanol–water partition coefficient (Wildman–Crippen LogP) is 0.911. The Bertz CT molecular complexity index is 323. The first kappa shape index (κ1) is 19.8. The fourth-order valence-electron chi connectivity index (χ4n) is 1.79. The van der Waals surface area contributed by atoms with Gasteiger partial charge in [0.15, 0.2) is 0 Å². The van der Waals surface area contributed by atoms with Gasteiger partial charge in [0.25, 0.3) is 10.2 Å². The fourth-order valence-corrected chi connectivity index (χ4v) is 3.17. The molecule has 20 heavy (non-hydrogen) atoms. The van der Waals surface area contributed by atoms with Gasteiger partial charge in [-0.2, -0.15) is 17.0 Å². The van der Waals surface area contributed by atoms with Crippen molar-refractivity contribution < 1.29 is 13.2 Å². The molecule has 0 saturated heterocycles. The molecule has 0 spiro atoms. The van der Waals surface area contributed by atoms with Gasteiger partial charge in [0.1, 0.15) is 0 Å². The number of hydrogen-bond donors (Lipinski definition) is 1. The van der Waals surface area contributed by atoms with Gasteiger partial charge in [-0.1, -0.05) is 13.8 Å². The molecular formula is C13H31N3O3S.